The van der Waals surface area contributed by atoms with Crippen molar-refractivity contribution in [3.63, 3.8) is 0 Å². The fourth-order valence-electron chi connectivity index (χ4n) is 2.80. The lowest BCUT2D eigenvalue weighted by molar-refractivity contribution is 0.0697. The van der Waals surface area contributed by atoms with E-state index in [2.05, 4.69) is 32.0 Å². The largest absolute Gasteiger partial charge is 0.478 e. The van der Waals surface area contributed by atoms with Crippen molar-refractivity contribution >= 4 is 16.7 Å². The fourth-order valence-corrected chi connectivity index (χ4v) is 2.80. The molecule has 0 heterocycles. The van der Waals surface area contributed by atoms with Gasteiger partial charge in [-0.05, 0) is 47.9 Å². The van der Waals surface area contributed by atoms with Gasteiger partial charge in [-0.1, -0.05) is 53.6 Å². The van der Waals surface area contributed by atoms with Gasteiger partial charge in [0, 0.05) is 0 Å². The smallest absolute Gasteiger partial charge is 0.335 e. The van der Waals surface area contributed by atoms with Gasteiger partial charge in [-0.25, -0.2) is 4.79 Å². The van der Waals surface area contributed by atoms with Crippen molar-refractivity contribution in [3.05, 3.63) is 71.3 Å². The van der Waals surface area contributed by atoms with Gasteiger partial charge < -0.3 is 5.11 Å². The van der Waals surface area contributed by atoms with Crippen molar-refractivity contribution in [2.75, 3.05) is 0 Å². The quantitative estimate of drug-likeness (QED) is 0.728. The van der Waals surface area contributed by atoms with E-state index in [0.29, 0.717) is 5.56 Å². The molecule has 0 spiro atoms. The molecule has 0 saturated heterocycles. The SMILES string of the molecule is Cc1cc(C)cc(-c2cc(C(=O)O)cc3ccccc23)c1. The van der Waals surface area contributed by atoms with Gasteiger partial charge in [0.1, 0.15) is 0 Å². The van der Waals surface area contributed by atoms with Crippen molar-refractivity contribution in [1.29, 1.82) is 0 Å². The molecule has 2 heteroatoms. The summed E-state index contributed by atoms with van der Waals surface area (Å²) >= 11 is 0. The minimum absolute atomic E-state index is 0.322. The zero-order chi connectivity index (χ0) is 15.0. The second kappa shape index (κ2) is 5.06. The lowest BCUT2D eigenvalue weighted by Crippen LogP contribution is -1.97. The molecule has 0 amide bonds. The Morgan fingerprint density at radius 2 is 1.57 bits per heavy atom. The van der Waals surface area contributed by atoms with E-state index < -0.39 is 5.97 Å². The van der Waals surface area contributed by atoms with E-state index in [-0.39, 0.29) is 0 Å². The zero-order valence-electron chi connectivity index (χ0n) is 12.1. The molecular formula is C19H16O2. The van der Waals surface area contributed by atoms with Crippen molar-refractivity contribution in [2.24, 2.45) is 0 Å². The average molecular weight is 276 g/mol. The van der Waals surface area contributed by atoms with Crippen LogP contribution in [0.25, 0.3) is 21.9 Å². The van der Waals surface area contributed by atoms with Crippen LogP contribution in [0.3, 0.4) is 0 Å². The first-order valence-electron chi connectivity index (χ1n) is 6.89. The monoisotopic (exact) mass is 276 g/mol. The molecule has 3 aromatic rings. The van der Waals surface area contributed by atoms with Crippen LogP contribution in [0.1, 0.15) is 21.5 Å². The maximum absolute atomic E-state index is 11.4. The Kier molecular flexibility index (Phi) is 3.22. The molecular weight excluding hydrogens is 260 g/mol. The second-order valence-electron chi connectivity index (χ2n) is 5.43. The van der Waals surface area contributed by atoms with E-state index >= 15 is 0 Å². The van der Waals surface area contributed by atoms with E-state index in [1.807, 2.05) is 24.3 Å². The van der Waals surface area contributed by atoms with Gasteiger partial charge in [0.05, 0.1) is 5.56 Å². The predicted octanol–water partition coefficient (Wildman–Crippen LogP) is 4.82. The number of benzene rings is 3. The number of carbonyl (C=O) groups is 1. The number of hydrogen-bond donors (Lipinski definition) is 1. The van der Waals surface area contributed by atoms with Crippen molar-refractivity contribution in [3.8, 4) is 11.1 Å². The van der Waals surface area contributed by atoms with E-state index in [9.17, 15) is 9.90 Å². The van der Waals surface area contributed by atoms with Crippen LogP contribution in [0.5, 0.6) is 0 Å². The average Bonchev–Trinajstić information content (AvgIpc) is 2.45. The summed E-state index contributed by atoms with van der Waals surface area (Å²) in [6.45, 7) is 4.11. The molecule has 0 radical (unpaired) electrons. The van der Waals surface area contributed by atoms with Crippen LogP contribution < -0.4 is 0 Å². The molecule has 0 atom stereocenters. The molecule has 21 heavy (non-hydrogen) atoms. The van der Waals surface area contributed by atoms with Crippen molar-refractivity contribution < 1.29 is 9.90 Å². The molecule has 3 rings (SSSR count). The Balaban J connectivity index is 2.36. The first kappa shape index (κ1) is 13.4. The fraction of sp³-hybridized carbons (Fsp3) is 0.105. The molecule has 0 aliphatic heterocycles. The highest BCUT2D eigenvalue weighted by Gasteiger charge is 2.11. The van der Waals surface area contributed by atoms with Crippen LogP contribution in [0.15, 0.2) is 54.6 Å². The number of rotatable bonds is 2. The summed E-state index contributed by atoms with van der Waals surface area (Å²) in [6, 6.07) is 17.7. The normalized spacial score (nSPS) is 10.8. The molecule has 0 aliphatic rings. The van der Waals surface area contributed by atoms with Crippen molar-refractivity contribution in [2.45, 2.75) is 13.8 Å². The Morgan fingerprint density at radius 1 is 0.905 bits per heavy atom. The van der Waals surface area contributed by atoms with Crippen LogP contribution in [-0.4, -0.2) is 11.1 Å². The van der Waals surface area contributed by atoms with Crippen molar-refractivity contribution in [1.82, 2.24) is 0 Å². The van der Waals surface area contributed by atoms with E-state index in [1.165, 1.54) is 11.1 Å². The number of aromatic carboxylic acids is 1. The van der Waals surface area contributed by atoms with E-state index in [4.69, 9.17) is 0 Å². The van der Waals surface area contributed by atoms with Gasteiger partial charge >= 0.3 is 5.97 Å². The van der Waals surface area contributed by atoms with Crippen LogP contribution in [-0.2, 0) is 0 Å². The Hall–Kier alpha value is -2.61. The topological polar surface area (TPSA) is 37.3 Å². The van der Waals surface area contributed by atoms with Gasteiger partial charge in [0.2, 0.25) is 0 Å². The minimum Gasteiger partial charge on any atom is -0.478 e. The van der Waals surface area contributed by atoms with Crippen LogP contribution in [0, 0.1) is 13.8 Å². The summed E-state index contributed by atoms with van der Waals surface area (Å²) in [4.78, 5) is 11.4. The predicted molar refractivity (Wildman–Crippen MR) is 85.8 cm³/mol. The molecule has 3 aromatic carbocycles. The number of fused-ring (bicyclic) bond motifs is 1. The first-order valence-corrected chi connectivity index (χ1v) is 6.89. The summed E-state index contributed by atoms with van der Waals surface area (Å²) < 4.78 is 0. The molecule has 0 unspecified atom stereocenters. The molecule has 0 bridgehead atoms. The third-order valence-electron chi connectivity index (χ3n) is 3.64. The number of carboxylic acid groups (broad SMARTS) is 1. The van der Waals surface area contributed by atoms with Gasteiger partial charge in [0.15, 0.2) is 0 Å². The van der Waals surface area contributed by atoms with Crippen LogP contribution >= 0.6 is 0 Å². The summed E-state index contributed by atoms with van der Waals surface area (Å²) in [5.41, 5.74) is 4.71. The number of aryl methyl sites for hydroxylation is 2. The van der Waals surface area contributed by atoms with Crippen LogP contribution in [0.2, 0.25) is 0 Å². The van der Waals surface area contributed by atoms with Gasteiger partial charge in [-0.2, -0.15) is 0 Å². The maximum atomic E-state index is 11.4. The zero-order valence-corrected chi connectivity index (χ0v) is 12.1. The van der Waals surface area contributed by atoms with Gasteiger partial charge in [-0.3, -0.25) is 0 Å². The summed E-state index contributed by atoms with van der Waals surface area (Å²) in [5.74, 6) is -0.897. The lowest BCUT2D eigenvalue weighted by Gasteiger charge is -2.11. The summed E-state index contributed by atoms with van der Waals surface area (Å²) in [5, 5.41) is 11.4. The molecule has 0 aliphatic carbocycles. The molecule has 0 saturated carbocycles. The minimum atomic E-state index is -0.897. The number of hydrogen-bond acceptors (Lipinski definition) is 1. The Morgan fingerprint density at radius 3 is 2.24 bits per heavy atom. The number of carboxylic acids is 1. The highest BCUT2D eigenvalue weighted by molar-refractivity contribution is 6.02. The maximum Gasteiger partial charge on any atom is 0.335 e. The molecule has 1 N–H and O–H groups in total. The highest BCUT2D eigenvalue weighted by atomic mass is 16.4. The summed E-state index contributed by atoms with van der Waals surface area (Å²) in [7, 11) is 0. The molecule has 2 nitrogen and oxygen atoms in total. The second-order valence-corrected chi connectivity index (χ2v) is 5.43. The van der Waals surface area contributed by atoms with E-state index in [1.54, 1.807) is 12.1 Å². The lowest BCUT2D eigenvalue weighted by atomic mass is 9.93. The molecule has 0 aromatic heterocycles. The van der Waals surface area contributed by atoms with Gasteiger partial charge in [0.25, 0.3) is 0 Å². The highest BCUT2D eigenvalue weighted by Crippen LogP contribution is 2.31. The summed E-state index contributed by atoms with van der Waals surface area (Å²) in [6.07, 6.45) is 0. The Bertz CT molecular complexity index is 827. The molecule has 0 fully saturated rings. The van der Waals surface area contributed by atoms with Gasteiger partial charge in [-0.15, -0.1) is 0 Å². The van der Waals surface area contributed by atoms with E-state index in [0.717, 1.165) is 21.9 Å². The Labute approximate surface area is 123 Å². The first-order chi connectivity index (χ1) is 10.0. The molecule has 104 valence electrons. The standard InChI is InChI=1S/C19H16O2/c1-12-7-13(2)9-15(8-12)18-11-16(19(20)21)10-14-5-3-4-6-17(14)18/h3-11H,1-2H3,(H,20,21). The third-order valence-corrected chi connectivity index (χ3v) is 3.64. The third kappa shape index (κ3) is 2.52. The van der Waals surface area contributed by atoms with Crippen LogP contribution in [0.4, 0.5) is 0 Å².